The van der Waals surface area contributed by atoms with Crippen LogP contribution in [0.4, 0.5) is 0 Å². The number of hydrogen-bond acceptors (Lipinski definition) is 4. The minimum Gasteiger partial charge on any atom is -0.490 e. The zero-order chi connectivity index (χ0) is 21.5. The summed E-state index contributed by atoms with van der Waals surface area (Å²) in [6.07, 6.45) is 3.49. The molecule has 1 heterocycles. The van der Waals surface area contributed by atoms with Crippen molar-refractivity contribution in [3.05, 3.63) is 88.7 Å². The van der Waals surface area contributed by atoms with E-state index in [1.54, 1.807) is 35.5 Å². The monoisotopic (exact) mass is 404 g/mol. The lowest BCUT2D eigenvalue weighted by Gasteiger charge is -2.20. The lowest BCUT2D eigenvalue weighted by Crippen LogP contribution is -2.26. The third kappa shape index (κ3) is 5.38. The predicted molar refractivity (Wildman–Crippen MR) is 118 cm³/mol. The molecule has 0 bridgehead atoms. The molecule has 5 heteroatoms. The van der Waals surface area contributed by atoms with Crippen molar-refractivity contribution in [2.75, 3.05) is 13.7 Å². The maximum absolute atomic E-state index is 13.0. The molecule has 156 valence electrons. The summed E-state index contributed by atoms with van der Waals surface area (Å²) in [7, 11) is 1.81. The van der Waals surface area contributed by atoms with Gasteiger partial charge in [-0.1, -0.05) is 29.8 Å². The quantitative estimate of drug-likeness (QED) is 0.533. The van der Waals surface area contributed by atoms with E-state index in [9.17, 15) is 4.79 Å². The van der Waals surface area contributed by atoms with Gasteiger partial charge in [-0.2, -0.15) is 0 Å². The summed E-state index contributed by atoms with van der Waals surface area (Å²) in [4.78, 5) is 18.8. The number of benzene rings is 2. The SMILES string of the molecule is CCOc1cc(C(=O)N(C)Cc2ccc(C)cc2C)ccc1OCc1cccnc1. The van der Waals surface area contributed by atoms with Crippen LogP contribution in [0.1, 0.15) is 39.5 Å². The number of carbonyl (C=O) groups is 1. The zero-order valence-electron chi connectivity index (χ0n) is 18.0. The highest BCUT2D eigenvalue weighted by Crippen LogP contribution is 2.30. The molecule has 0 unspecified atom stereocenters. The molecule has 0 atom stereocenters. The van der Waals surface area contributed by atoms with Gasteiger partial charge in [0.25, 0.3) is 5.91 Å². The van der Waals surface area contributed by atoms with E-state index in [2.05, 4.69) is 37.0 Å². The van der Waals surface area contributed by atoms with E-state index in [1.807, 2.05) is 26.1 Å². The van der Waals surface area contributed by atoms with E-state index < -0.39 is 0 Å². The van der Waals surface area contributed by atoms with Gasteiger partial charge in [-0.3, -0.25) is 9.78 Å². The van der Waals surface area contributed by atoms with Gasteiger partial charge in [-0.05, 0) is 56.2 Å². The number of carbonyl (C=O) groups excluding carboxylic acids is 1. The van der Waals surface area contributed by atoms with Gasteiger partial charge in [-0.15, -0.1) is 0 Å². The highest BCUT2D eigenvalue weighted by atomic mass is 16.5. The Hall–Kier alpha value is -3.34. The summed E-state index contributed by atoms with van der Waals surface area (Å²) in [5.41, 5.74) is 5.07. The van der Waals surface area contributed by atoms with Gasteiger partial charge in [0.15, 0.2) is 11.5 Å². The summed E-state index contributed by atoms with van der Waals surface area (Å²) in [5.74, 6) is 1.11. The van der Waals surface area contributed by atoms with Gasteiger partial charge in [0.05, 0.1) is 6.61 Å². The molecule has 1 amide bonds. The van der Waals surface area contributed by atoms with Crippen LogP contribution in [-0.4, -0.2) is 29.4 Å². The Balaban J connectivity index is 1.74. The van der Waals surface area contributed by atoms with Crippen LogP contribution in [0, 0.1) is 13.8 Å². The lowest BCUT2D eigenvalue weighted by molar-refractivity contribution is 0.0784. The first-order valence-electron chi connectivity index (χ1n) is 10.1. The molecule has 3 aromatic rings. The van der Waals surface area contributed by atoms with Crippen molar-refractivity contribution < 1.29 is 14.3 Å². The molecule has 1 aromatic heterocycles. The first-order valence-corrected chi connectivity index (χ1v) is 10.1. The van der Waals surface area contributed by atoms with Crippen molar-refractivity contribution in [3.8, 4) is 11.5 Å². The maximum Gasteiger partial charge on any atom is 0.254 e. The van der Waals surface area contributed by atoms with Crippen LogP contribution >= 0.6 is 0 Å². The third-order valence-electron chi connectivity index (χ3n) is 4.86. The van der Waals surface area contributed by atoms with Crippen LogP contribution in [0.3, 0.4) is 0 Å². The summed E-state index contributed by atoms with van der Waals surface area (Å²) < 4.78 is 11.6. The topological polar surface area (TPSA) is 51.7 Å². The molecular weight excluding hydrogens is 376 g/mol. The number of aryl methyl sites for hydroxylation is 2. The molecule has 2 aromatic carbocycles. The third-order valence-corrected chi connectivity index (χ3v) is 4.86. The average molecular weight is 405 g/mol. The van der Waals surface area contributed by atoms with Crippen molar-refractivity contribution in [1.82, 2.24) is 9.88 Å². The summed E-state index contributed by atoms with van der Waals surface area (Å²) in [6.45, 7) is 7.47. The van der Waals surface area contributed by atoms with E-state index >= 15 is 0 Å². The molecule has 5 nitrogen and oxygen atoms in total. The molecule has 0 radical (unpaired) electrons. The molecule has 0 aliphatic carbocycles. The fourth-order valence-corrected chi connectivity index (χ4v) is 3.24. The molecule has 0 N–H and O–H groups in total. The summed E-state index contributed by atoms with van der Waals surface area (Å²) in [5, 5.41) is 0. The van der Waals surface area contributed by atoms with Gasteiger partial charge in [0.1, 0.15) is 6.61 Å². The Morgan fingerprint density at radius 2 is 1.87 bits per heavy atom. The van der Waals surface area contributed by atoms with Crippen LogP contribution in [-0.2, 0) is 13.2 Å². The number of rotatable bonds is 8. The van der Waals surface area contributed by atoms with Gasteiger partial charge < -0.3 is 14.4 Å². The Bertz CT molecular complexity index is 1000. The highest BCUT2D eigenvalue weighted by Gasteiger charge is 2.16. The van der Waals surface area contributed by atoms with E-state index in [-0.39, 0.29) is 5.91 Å². The Morgan fingerprint density at radius 1 is 1.03 bits per heavy atom. The molecule has 0 fully saturated rings. The second-order valence-corrected chi connectivity index (χ2v) is 7.34. The molecule has 0 saturated carbocycles. The minimum absolute atomic E-state index is 0.0604. The smallest absolute Gasteiger partial charge is 0.254 e. The van der Waals surface area contributed by atoms with E-state index in [0.717, 1.165) is 11.1 Å². The van der Waals surface area contributed by atoms with Crippen molar-refractivity contribution in [1.29, 1.82) is 0 Å². The second-order valence-electron chi connectivity index (χ2n) is 7.34. The Kier molecular flexibility index (Phi) is 7.07. The molecule has 0 aliphatic heterocycles. The number of pyridine rings is 1. The van der Waals surface area contributed by atoms with Crippen LogP contribution in [0.15, 0.2) is 60.9 Å². The van der Waals surface area contributed by atoms with Crippen molar-refractivity contribution in [3.63, 3.8) is 0 Å². The van der Waals surface area contributed by atoms with E-state index in [4.69, 9.17) is 9.47 Å². The normalized spacial score (nSPS) is 10.5. The van der Waals surface area contributed by atoms with Gasteiger partial charge in [-0.25, -0.2) is 0 Å². The minimum atomic E-state index is -0.0604. The second kappa shape index (κ2) is 9.92. The molecule has 0 saturated heterocycles. The summed E-state index contributed by atoms with van der Waals surface area (Å²) >= 11 is 0. The number of amides is 1. The van der Waals surface area contributed by atoms with E-state index in [0.29, 0.717) is 36.8 Å². The number of aromatic nitrogens is 1. The first-order chi connectivity index (χ1) is 14.5. The highest BCUT2D eigenvalue weighted by molar-refractivity contribution is 5.94. The lowest BCUT2D eigenvalue weighted by atomic mass is 10.1. The number of hydrogen-bond donors (Lipinski definition) is 0. The van der Waals surface area contributed by atoms with Crippen LogP contribution in [0.5, 0.6) is 11.5 Å². The summed E-state index contributed by atoms with van der Waals surface area (Å²) in [6, 6.07) is 15.4. The van der Waals surface area contributed by atoms with Crippen LogP contribution in [0.25, 0.3) is 0 Å². The van der Waals surface area contributed by atoms with Crippen molar-refractivity contribution >= 4 is 5.91 Å². The van der Waals surface area contributed by atoms with Gasteiger partial charge in [0.2, 0.25) is 0 Å². The first kappa shape index (κ1) is 21.4. The standard InChI is InChI=1S/C25H28N2O3/c1-5-29-24-14-21(10-11-23(24)30-17-20-7-6-12-26-15-20)25(28)27(4)16-22-9-8-18(2)13-19(22)3/h6-15H,5,16-17H2,1-4H3. The van der Waals surface area contributed by atoms with Gasteiger partial charge in [0, 0.05) is 37.1 Å². The predicted octanol–water partition coefficient (Wildman–Crippen LogP) is 4.95. The van der Waals surface area contributed by atoms with Gasteiger partial charge >= 0.3 is 0 Å². The molecule has 0 spiro atoms. The zero-order valence-corrected chi connectivity index (χ0v) is 18.0. The Morgan fingerprint density at radius 3 is 2.57 bits per heavy atom. The largest absolute Gasteiger partial charge is 0.490 e. The molecule has 30 heavy (non-hydrogen) atoms. The number of ether oxygens (including phenoxy) is 2. The van der Waals surface area contributed by atoms with E-state index in [1.165, 1.54) is 11.1 Å². The van der Waals surface area contributed by atoms with Crippen LogP contribution < -0.4 is 9.47 Å². The molecular formula is C25H28N2O3. The number of nitrogens with zero attached hydrogens (tertiary/aromatic N) is 2. The van der Waals surface area contributed by atoms with Crippen molar-refractivity contribution in [2.45, 2.75) is 33.9 Å². The fraction of sp³-hybridized carbons (Fsp3) is 0.280. The van der Waals surface area contributed by atoms with Crippen LogP contribution in [0.2, 0.25) is 0 Å². The van der Waals surface area contributed by atoms with Crippen molar-refractivity contribution in [2.24, 2.45) is 0 Å². The Labute approximate surface area is 178 Å². The average Bonchev–Trinajstić information content (AvgIpc) is 2.75. The molecule has 3 rings (SSSR count). The molecule has 0 aliphatic rings. The fourth-order valence-electron chi connectivity index (χ4n) is 3.24. The maximum atomic E-state index is 13.0.